The molecular formula is C25H29N3O3S. The van der Waals surface area contributed by atoms with E-state index < -0.39 is 0 Å². The van der Waals surface area contributed by atoms with Gasteiger partial charge >= 0.3 is 0 Å². The molecule has 0 unspecified atom stereocenters. The van der Waals surface area contributed by atoms with E-state index >= 15 is 0 Å². The van der Waals surface area contributed by atoms with Crippen LogP contribution in [0.2, 0.25) is 0 Å². The van der Waals surface area contributed by atoms with Crippen molar-refractivity contribution in [1.29, 1.82) is 0 Å². The number of fused-ring (bicyclic) bond motifs is 1. The zero-order valence-electron chi connectivity index (χ0n) is 18.5. The van der Waals surface area contributed by atoms with Crippen LogP contribution < -0.4 is 4.90 Å². The largest absolute Gasteiger partial charge is 0.371 e. The number of piperidine rings is 2. The normalized spacial score (nSPS) is 21.9. The third-order valence-corrected chi connectivity index (χ3v) is 7.89. The van der Waals surface area contributed by atoms with E-state index in [1.54, 1.807) is 17.4 Å². The molecule has 1 aromatic heterocycles. The number of carbonyl (C=O) groups is 3. The van der Waals surface area contributed by atoms with Crippen molar-refractivity contribution >= 4 is 34.7 Å². The van der Waals surface area contributed by atoms with Gasteiger partial charge < -0.3 is 9.80 Å². The number of thiophene rings is 1. The summed E-state index contributed by atoms with van der Waals surface area (Å²) in [4.78, 5) is 45.8. The standard InChI is InChI=1S/C25H29N3O3S/c1-17-5-3-11-27(15-17)23(29)18-9-12-26(13-10-18)21-8-2-7-20-22(21)25(31)28(24(20)30)16-19-6-4-14-32-19/h2,4,6-8,14,17-18H,3,5,9-13,15-16H2,1H3/t17-/m1/s1. The Morgan fingerprint density at radius 1 is 1.03 bits per heavy atom. The van der Waals surface area contributed by atoms with Crippen LogP contribution >= 0.6 is 11.3 Å². The van der Waals surface area contributed by atoms with Crippen molar-refractivity contribution in [2.75, 3.05) is 31.1 Å². The van der Waals surface area contributed by atoms with Gasteiger partial charge in [-0.25, -0.2) is 0 Å². The van der Waals surface area contributed by atoms with Gasteiger partial charge in [-0.15, -0.1) is 11.3 Å². The number of hydrogen-bond acceptors (Lipinski definition) is 5. The molecule has 4 heterocycles. The second-order valence-corrected chi connectivity index (χ2v) is 10.3. The Bertz CT molecular complexity index is 1030. The summed E-state index contributed by atoms with van der Waals surface area (Å²) in [6.07, 6.45) is 3.88. The Kier molecular flexibility index (Phi) is 5.76. The van der Waals surface area contributed by atoms with Gasteiger partial charge in [-0.3, -0.25) is 19.3 Å². The Balaban J connectivity index is 1.29. The van der Waals surface area contributed by atoms with Crippen LogP contribution in [0.25, 0.3) is 0 Å². The van der Waals surface area contributed by atoms with Crippen molar-refractivity contribution in [3.05, 3.63) is 51.7 Å². The molecule has 3 aliphatic rings. The molecule has 32 heavy (non-hydrogen) atoms. The Morgan fingerprint density at radius 3 is 2.56 bits per heavy atom. The van der Waals surface area contributed by atoms with Crippen molar-refractivity contribution in [2.45, 2.75) is 39.2 Å². The first-order valence-corrected chi connectivity index (χ1v) is 12.5. The summed E-state index contributed by atoms with van der Waals surface area (Å²) in [5.41, 5.74) is 1.83. The molecule has 1 aromatic carbocycles. The molecule has 0 N–H and O–H groups in total. The van der Waals surface area contributed by atoms with Gasteiger partial charge in [-0.1, -0.05) is 19.1 Å². The quantitative estimate of drug-likeness (QED) is 0.659. The summed E-state index contributed by atoms with van der Waals surface area (Å²) in [5.74, 6) is 0.503. The highest BCUT2D eigenvalue weighted by molar-refractivity contribution is 7.09. The van der Waals surface area contributed by atoms with Gasteiger partial charge in [0.05, 0.1) is 23.4 Å². The van der Waals surface area contributed by atoms with Crippen LogP contribution in [0.15, 0.2) is 35.7 Å². The lowest BCUT2D eigenvalue weighted by Gasteiger charge is -2.38. The van der Waals surface area contributed by atoms with Crippen LogP contribution in [0.3, 0.4) is 0 Å². The lowest BCUT2D eigenvalue weighted by Crippen LogP contribution is -2.46. The SMILES string of the molecule is C[C@@H]1CCCN(C(=O)C2CCN(c3cccc4c3C(=O)N(Cc3cccs3)C4=O)CC2)C1. The topological polar surface area (TPSA) is 60.9 Å². The fourth-order valence-electron chi connectivity index (χ4n) is 5.30. The highest BCUT2D eigenvalue weighted by atomic mass is 32.1. The van der Waals surface area contributed by atoms with Crippen LogP contribution in [0, 0.1) is 11.8 Å². The molecule has 0 spiro atoms. The van der Waals surface area contributed by atoms with Gasteiger partial charge in [-0.2, -0.15) is 0 Å². The summed E-state index contributed by atoms with van der Waals surface area (Å²) < 4.78 is 0. The molecule has 0 saturated carbocycles. The second-order valence-electron chi connectivity index (χ2n) is 9.27. The number of anilines is 1. The van der Waals surface area contributed by atoms with E-state index in [1.165, 1.54) is 11.3 Å². The van der Waals surface area contributed by atoms with E-state index in [1.807, 2.05) is 29.6 Å². The molecule has 6 nitrogen and oxygen atoms in total. The second kappa shape index (κ2) is 8.70. The summed E-state index contributed by atoms with van der Waals surface area (Å²) in [5, 5.41) is 1.95. The fourth-order valence-corrected chi connectivity index (χ4v) is 5.99. The van der Waals surface area contributed by atoms with Gasteiger partial charge in [0, 0.05) is 37.0 Å². The van der Waals surface area contributed by atoms with Crippen LogP contribution in [-0.2, 0) is 11.3 Å². The maximum atomic E-state index is 13.2. The van der Waals surface area contributed by atoms with Gasteiger partial charge in [0.25, 0.3) is 11.8 Å². The minimum Gasteiger partial charge on any atom is -0.371 e. The fraction of sp³-hybridized carbons (Fsp3) is 0.480. The number of nitrogens with zero attached hydrogens (tertiary/aromatic N) is 3. The van der Waals surface area contributed by atoms with Crippen molar-refractivity contribution in [3.8, 4) is 0 Å². The van der Waals surface area contributed by atoms with Crippen molar-refractivity contribution in [3.63, 3.8) is 0 Å². The summed E-state index contributed by atoms with van der Waals surface area (Å²) in [7, 11) is 0. The Labute approximate surface area is 192 Å². The number of hydrogen-bond donors (Lipinski definition) is 0. The molecular weight excluding hydrogens is 422 g/mol. The molecule has 7 heteroatoms. The van der Waals surface area contributed by atoms with Crippen LogP contribution in [0.1, 0.15) is 58.2 Å². The maximum absolute atomic E-state index is 13.2. The number of rotatable bonds is 4. The number of amides is 3. The third kappa shape index (κ3) is 3.83. The van der Waals surface area contributed by atoms with E-state index in [-0.39, 0.29) is 17.7 Å². The maximum Gasteiger partial charge on any atom is 0.264 e. The van der Waals surface area contributed by atoms with Gasteiger partial charge in [-0.05, 0) is 55.2 Å². The summed E-state index contributed by atoms with van der Waals surface area (Å²) in [6, 6.07) is 9.42. The van der Waals surface area contributed by atoms with E-state index in [9.17, 15) is 14.4 Å². The molecule has 0 bridgehead atoms. The van der Waals surface area contributed by atoms with E-state index in [4.69, 9.17) is 0 Å². The summed E-state index contributed by atoms with van der Waals surface area (Å²) in [6.45, 7) is 5.74. The zero-order valence-corrected chi connectivity index (χ0v) is 19.3. The molecule has 3 aliphatic heterocycles. The van der Waals surface area contributed by atoms with Crippen LogP contribution in [-0.4, -0.2) is 53.7 Å². The minimum atomic E-state index is -0.218. The van der Waals surface area contributed by atoms with Gasteiger partial charge in [0.15, 0.2) is 0 Å². The minimum absolute atomic E-state index is 0.0565. The third-order valence-electron chi connectivity index (χ3n) is 7.02. The number of likely N-dealkylation sites (tertiary alicyclic amines) is 1. The summed E-state index contributed by atoms with van der Waals surface area (Å²) >= 11 is 1.55. The molecule has 2 aromatic rings. The monoisotopic (exact) mass is 451 g/mol. The first kappa shape index (κ1) is 21.2. The lowest BCUT2D eigenvalue weighted by atomic mass is 9.92. The molecule has 5 rings (SSSR count). The van der Waals surface area contributed by atoms with Gasteiger partial charge in [0.2, 0.25) is 5.91 Å². The van der Waals surface area contributed by atoms with Crippen molar-refractivity contribution < 1.29 is 14.4 Å². The molecule has 2 saturated heterocycles. The average Bonchev–Trinajstić information content (AvgIpc) is 3.42. The smallest absolute Gasteiger partial charge is 0.264 e. The Hall–Kier alpha value is -2.67. The molecule has 1 atom stereocenters. The molecule has 2 fully saturated rings. The number of imide groups is 1. The van der Waals surface area contributed by atoms with E-state index in [2.05, 4.69) is 16.7 Å². The van der Waals surface area contributed by atoms with Crippen molar-refractivity contribution in [2.24, 2.45) is 11.8 Å². The van der Waals surface area contributed by atoms with Gasteiger partial charge in [0.1, 0.15) is 0 Å². The molecule has 168 valence electrons. The predicted octanol–water partition coefficient (Wildman–Crippen LogP) is 4.02. The van der Waals surface area contributed by atoms with E-state index in [0.29, 0.717) is 29.5 Å². The predicted molar refractivity (Wildman–Crippen MR) is 125 cm³/mol. The average molecular weight is 452 g/mol. The lowest BCUT2D eigenvalue weighted by molar-refractivity contribution is -0.137. The van der Waals surface area contributed by atoms with E-state index in [0.717, 1.165) is 56.0 Å². The molecule has 3 amide bonds. The highest BCUT2D eigenvalue weighted by Crippen LogP contribution is 2.35. The first-order valence-electron chi connectivity index (χ1n) is 11.6. The number of benzene rings is 1. The Morgan fingerprint density at radius 2 is 1.84 bits per heavy atom. The van der Waals surface area contributed by atoms with Crippen molar-refractivity contribution in [1.82, 2.24) is 9.80 Å². The molecule has 0 radical (unpaired) electrons. The first-order chi connectivity index (χ1) is 15.5. The number of carbonyl (C=O) groups excluding carboxylic acids is 3. The molecule has 0 aliphatic carbocycles. The van der Waals surface area contributed by atoms with Crippen LogP contribution in [0.4, 0.5) is 5.69 Å². The highest BCUT2D eigenvalue weighted by Gasteiger charge is 2.39. The zero-order chi connectivity index (χ0) is 22.2. The van der Waals surface area contributed by atoms with Crippen LogP contribution in [0.5, 0.6) is 0 Å².